The number of halogens is 1. The highest BCUT2D eigenvalue weighted by molar-refractivity contribution is 9.10. The molecule has 1 fully saturated rings. The molecule has 180 valence electrons. The van der Waals surface area contributed by atoms with Crippen LogP contribution in [0.1, 0.15) is 12.8 Å². The number of fused-ring (bicyclic) bond motifs is 1. The van der Waals surface area contributed by atoms with E-state index in [2.05, 4.69) is 53.5 Å². The maximum atomic E-state index is 12.7. The van der Waals surface area contributed by atoms with Crippen molar-refractivity contribution in [3.63, 3.8) is 0 Å². The summed E-state index contributed by atoms with van der Waals surface area (Å²) in [7, 11) is 2.12. The van der Waals surface area contributed by atoms with Gasteiger partial charge in [0.25, 0.3) is 5.56 Å². The van der Waals surface area contributed by atoms with Gasteiger partial charge in [-0.05, 0) is 97.4 Å². The largest absolute Gasteiger partial charge is 0.508 e. The van der Waals surface area contributed by atoms with E-state index in [4.69, 9.17) is 4.74 Å². The number of nitrogens with zero attached hydrogens (tertiary/aromatic N) is 3. The minimum atomic E-state index is -0.274. The molecule has 0 aliphatic carbocycles. The van der Waals surface area contributed by atoms with Crippen LogP contribution >= 0.6 is 15.9 Å². The lowest BCUT2D eigenvalue weighted by molar-refractivity contribution is 0.263. The summed E-state index contributed by atoms with van der Waals surface area (Å²) in [5.41, 5.74) is 1.01. The van der Waals surface area contributed by atoms with Crippen LogP contribution in [0.15, 0.2) is 64.0 Å². The van der Waals surface area contributed by atoms with Gasteiger partial charge >= 0.3 is 0 Å². The Balaban J connectivity index is 1.41. The van der Waals surface area contributed by atoms with Crippen molar-refractivity contribution < 1.29 is 9.84 Å². The average Bonchev–Trinajstić information content (AvgIpc) is 2.85. The molecular weight excluding hydrogens is 512 g/mol. The fourth-order valence-corrected chi connectivity index (χ4v) is 4.40. The first-order valence-electron chi connectivity index (χ1n) is 11.3. The molecule has 0 atom stereocenters. The number of piperidine rings is 1. The summed E-state index contributed by atoms with van der Waals surface area (Å²) < 4.78 is 6.50. The number of H-pyrrole nitrogens is 1. The molecule has 35 heavy (non-hydrogen) atoms. The number of aromatic nitrogens is 3. The van der Waals surface area contributed by atoms with Crippen molar-refractivity contribution in [1.29, 1.82) is 0 Å². The molecule has 3 heterocycles. The Bertz CT molecular complexity index is 1380. The first kappa shape index (κ1) is 23.1. The molecule has 0 saturated carbocycles. The van der Waals surface area contributed by atoms with Gasteiger partial charge in [0.05, 0.1) is 9.99 Å². The fourth-order valence-electron chi connectivity index (χ4n) is 4.00. The number of hydrogen-bond acceptors (Lipinski definition) is 8. The number of rotatable bonds is 6. The highest BCUT2D eigenvalue weighted by atomic mass is 79.9. The molecule has 1 saturated heterocycles. The van der Waals surface area contributed by atoms with Crippen LogP contribution in [0.2, 0.25) is 0 Å². The normalized spacial score (nSPS) is 14.7. The van der Waals surface area contributed by atoms with Gasteiger partial charge in [-0.2, -0.15) is 4.98 Å². The molecule has 0 amide bonds. The first-order chi connectivity index (χ1) is 16.9. The number of nitrogens with one attached hydrogen (secondary N) is 3. The Kier molecular flexibility index (Phi) is 6.56. The highest BCUT2D eigenvalue weighted by Gasteiger charge is 2.20. The average molecular weight is 537 g/mol. The lowest BCUT2D eigenvalue weighted by Crippen LogP contribution is -2.37. The van der Waals surface area contributed by atoms with Gasteiger partial charge < -0.3 is 30.4 Å². The van der Waals surface area contributed by atoms with Gasteiger partial charge in [0, 0.05) is 17.9 Å². The van der Waals surface area contributed by atoms with Gasteiger partial charge in [-0.3, -0.25) is 4.79 Å². The summed E-state index contributed by atoms with van der Waals surface area (Å²) in [4.78, 5) is 27.0. The van der Waals surface area contributed by atoms with Crippen molar-refractivity contribution in [3.05, 3.63) is 69.6 Å². The molecule has 2 aromatic heterocycles. The predicted molar refractivity (Wildman–Crippen MR) is 140 cm³/mol. The van der Waals surface area contributed by atoms with Crippen LogP contribution in [0.25, 0.3) is 10.9 Å². The number of aromatic hydroxyl groups is 1. The summed E-state index contributed by atoms with van der Waals surface area (Å²) >= 11 is 3.51. The zero-order valence-corrected chi connectivity index (χ0v) is 20.7. The number of anilines is 3. The van der Waals surface area contributed by atoms with Gasteiger partial charge in [-0.15, -0.1) is 0 Å². The number of ether oxygens (including phenoxy) is 1. The van der Waals surface area contributed by atoms with E-state index in [1.165, 1.54) is 0 Å². The maximum Gasteiger partial charge on any atom is 0.261 e. The molecule has 4 aromatic rings. The number of phenols is 1. The van der Waals surface area contributed by atoms with E-state index in [9.17, 15) is 9.90 Å². The summed E-state index contributed by atoms with van der Waals surface area (Å²) in [5.74, 6) is 2.33. The quantitative estimate of drug-likeness (QED) is 0.277. The third-order valence-electron chi connectivity index (χ3n) is 5.93. The Morgan fingerprint density at radius 2 is 1.71 bits per heavy atom. The predicted octanol–water partition coefficient (Wildman–Crippen LogP) is 4.83. The maximum absolute atomic E-state index is 12.7. The van der Waals surface area contributed by atoms with Crippen molar-refractivity contribution in [2.24, 2.45) is 0 Å². The molecule has 2 aromatic carbocycles. The molecule has 1 aliphatic rings. The Morgan fingerprint density at radius 1 is 1.06 bits per heavy atom. The molecule has 0 unspecified atom stereocenters. The van der Waals surface area contributed by atoms with Crippen LogP contribution in [0, 0.1) is 0 Å². The zero-order chi connectivity index (χ0) is 24.4. The summed E-state index contributed by atoms with van der Waals surface area (Å²) in [6.45, 7) is 2.02. The smallest absolute Gasteiger partial charge is 0.261 e. The Morgan fingerprint density at radius 3 is 2.40 bits per heavy atom. The number of hydrogen-bond donors (Lipinski definition) is 4. The number of benzene rings is 2. The fraction of sp³-hybridized carbons (Fsp3) is 0.240. The molecular formula is C25H25BrN6O3. The van der Waals surface area contributed by atoms with Crippen molar-refractivity contribution in [3.8, 4) is 17.2 Å². The number of phenolic OH excluding ortho intramolecular Hbond substituents is 1. The minimum absolute atomic E-state index is 0.181. The standard InChI is InChI=1S/C25H25BrN6O3/c1-32-12-10-16(11-13-32)29-25-30-22-20(26)14-27-24(34)21(22)23(31-25)28-15-2-6-18(7-3-15)35-19-8-4-17(33)5-9-19/h2-9,14,16,33H,10-13H2,1H3,(H,27,34)(H2,28,29,30,31). The third-order valence-corrected chi connectivity index (χ3v) is 6.54. The first-order valence-corrected chi connectivity index (χ1v) is 12.1. The molecule has 9 nitrogen and oxygen atoms in total. The van der Waals surface area contributed by atoms with Crippen LogP contribution in [-0.4, -0.2) is 51.1 Å². The topological polar surface area (TPSA) is 115 Å². The summed E-state index contributed by atoms with van der Waals surface area (Å²) in [6.07, 6.45) is 3.59. The molecule has 10 heteroatoms. The van der Waals surface area contributed by atoms with Crippen molar-refractivity contribution in [1.82, 2.24) is 19.9 Å². The second-order valence-corrected chi connectivity index (χ2v) is 9.41. The number of pyridine rings is 1. The van der Waals surface area contributed by atoms with Crippen LogP contribution in [0.4, 0.5) is 17.5 Å². The van der Waals surface area contributed by atoms with Gasteiger partial charge in [0.1, 0.15) is 28.5 Å². The Labute approximate surface area is 210 Å². The second-order valence-electron chi connectivity index (χ2n) is 8.55. The molecule has 1 aliphatic heterocycles. The van der Waals surface area contributed by atoms with E-state index >= 15 is 0 Å². The lowest BCUT2D eigenvalue weighted by Gasteiger charge is -2.29. The lowest BCUT2D eigenvalue weighted by atomic mass is 10.1. The third kappa shape index (κ3) is 5.39. The minimum Gasteiger partial charge on any atom is -0.508 e. The van der Waals surface area contributed by atoms with Gasteiger partial charge in [0.15, 0.2) is 0 Å². The van der Waals surface area contributed by atoms with Crippen molar-refractivity contribution >= 4 is 44.3 Å². The number of likely N-dealkylation sites (tertiary alicyclic amines) is 1. The zero-order valence-electron chi connectivity index (χ0n) is 19.1. The monoisotopic (exact) mass is 536 g/mol. The molecule has 4 N–H and O–H groups in total. The summed E-state index contributed by atoms with van der Waals surface area (Å²) in [5, 5.41) is 16.5. The van der Waals surface area contributed by atoms with E-state index in [-0.39, 0.29) is 17.4 Å². The van der Waals surface area contributed by atoms with Crippen LogP contribution < -0.4 is 20.9 Å². The van der Waals surface area contributed by atoms with Crippen LogP contribution in [-0.2, 0) is 0 Å². The van der Waals surface area contributed by atoms with Crippen molar-refractivity contribution in [2.45, 2.75) is 18.9 Å². The molecule has 0 bridgehead atoms. The van der Waals surface area contributed by atoms with Gasteiger partial charge in [-0.1, -0.05) is 0 Å². The van der Waals surface area contributed by atoms with Crippen LogP contribution in [0.3, 0.4) is 0 Å². The van der Waals surface area contributed by atoms with E-state index in [0.717, 1.165) is 31.6 Å². The van der Waals surface area contributed by atoms with E-state index in [1.54, 1.807) is 30.5 Å². The van der Waals surface area contributed by atoms with E-state index in [1.807, 2.05) is 24.3 Å². The van der Waals surface area contributed by atoms with Crippen LogP contribution in [0.5, 0.6) is 17.2 Å². The van der Waals surface area contributed by atoms with E-state index in [0.29, 0.717) is 38.6 Å². The molecule has 5 rings (SSSR count). The summed E-state index contributed by atoms with van der Waals surface area (Å²) in [6, 6.07) is 14.1. The second kappa shape index (κ2) is 9.93. The SMILES string of the molecule is CN1CCC(Nc2nc(Nc3ccc(Oc4ccc(O)cc4)cc3)c3c(=O)[nH]cc(Br)c3n2)CC1. The number of aromatic amines is 1. The highest BCUT2D eigenvalue weighted by Crippen LogP contribution is 2.29. The van der Waals surface area contributed by atoms with Gasteiger partial charge in [0.2, 0.25) is 5.95 Å². The van der Waals surface area contributed by atoms with Gasteiger partial charge in [-0.25, -0.2) is 4.98 Å². The Hall–Kier alpha value is -3.63. The van der Waals surface area contributed by atoms with E-state index < -0.39 is 0 Å². The molecule has 0 spiro atoms. The molecule has 0 radical (unpaired) electrons. The van der Waals surface area contributed by atoms with Crippen molar-refractivity contribution in [2.75, 3.05) is 30.8 Å².